The largest absolute Gasteiger partial charge is 0.358 e. The van der Waals surface area contributed by atoms with Crippen molar-refractivity contribution < 1.29 is 4.79 Å². The number of nitrogens with one attached hydrogen (secondary N) is 6. The fraction of sp³-hybridized carbons (Fsp3) is 0.609. The smallest absolute Gasteiger partial charge is 0.269 e. The molecule has 2 aliphatic rings. The molecule has 0 bridgehead atoms. The second-order valence-corrected chi connectivity index (χ2v) is 9.91. The van der Waals surface area contributed by atoms with Gasteiger partial charge in [0.15, 0.2) is 10.2 Å². The van der Waals surface area contributed by atoms with E-state index in [1.165, 1.54) is 38.5 Å². The molecule has 2 aliphatic carbocycles. The third-order valence-corrected chi connectivity index (χ3v) is 7.05. The molecule has 0 spiro atoms. The molecule has 2 saturated carbocycles. The minimum atomic E-state index is -0.242. The zero-order valence-corrected chi connectivity index (χ0v) is 20.6. The van der Waals surface area contributed by atoms with E-state index in [4.69, 9.17) is 24.4 Å². The van der Waals surface area contributed by atoms with E-state index in [1.807, 2.05) is 12.1 Å². The van der Waals surface area contributed by atoms with Crippen molar-refractivity contribution >= 4 is 46.3 Å². The van der Waals surface area contributed by atoms with E-state index in [9.17, 15) is 4.79 Å². The summed E-state index contributed by atoms with van der Waals surface area (Å²) in [5, 5.41) is 7.75. The van der Waals surface area contributed by atoms with Gasteiger partial charge in [0.1, 0.15) is 0 Å². The lowest BCUT2D eigenvalue weighted by Gasteiger charge is -2.30. The number of hydrogen-bond donors (Lipinski definition) is 6. The summed E-state index contributed by atoms with van der Waals surface area (Å²) >= 11 is 10.7. The summed E-state index contributed by atoms with van der Waals surface area (Å²) < 4.78 is 0. The first-order chi connectivity index (χ1) is 15.4. The van der Waals surface area contributed by atoms with Gasteiger partial charge < -0.3 is 10.6 Å². The maximum atomic E-state index is 12.4. The van der Waals surface area contributed by atoms with Gasteiger partial charge in [-0.05, 0) is 86.2 Å². The summed E-state index contributed by atoms with van der Waals surface area (Å²) in [7, 11) is 0. The molecule has 1 amide bonds. The summed E-state index contributed by atoms with van der Waals surface area (Å²) in [5.41, 5.74) is 12.9. The molecular formula is C23H36N6OS2. The lowest BCUT2D eigenvalue weighted by molar-refractivity contribution is 0.0943. The summed E-state index contributed by atoms with van der Waals surface area (Å²) in [6.45, 7) is 4.51. The lowest BCUT2D eigenvalue weighted by Crippen LogP contribution is -2.51. The van der Waals surface area contributed by atoms with Crippen LogP contribution in [0.4, 0.5) is 5.69 Å². The molecule has 9 heteroatoms. The molecular weight excluding hydrogens is 440 g/mol. The van der Waals surface area contributed by atoms with E-state index >= 15 is 0 Å². The van der Waals surface area contributed by atoms with Gasteiger partial charge in [0, 0.05) is 17.6 Å². The number of benzene rings is 1. The van der Waals surface area contributed by atoms with E-state index in [-0.39, 0.29) is 5.91 Å². The van der Waals surface area contributed by atoms with Gasteiger partial charge in [0.05, 0.1) is 5.69 Å². The van der Waals surface area contributed by atoms with Crippen molar-refractivity contribution in [1.82, 2.24) is 26.9 Å². The quantitative estimate of drug-likeness (QED) is 0.283. The van der Waals surface area contributed by atoms with Crippen LogP contribution in [-0.2, 0) is 0 Å². The number of carbonyl (C=O) groups excluding carboxylic acids is 1. The molecule has 0 radical (unpaired) electrons. The Morgan fingerprint density at radius 1 is 0.750 bits per heavy atom. The number of hydrogen-bond acceptors (Lipinski definition) is 4. The predicted molar refractivity (Wildman–Crippen MR) is 138 cm³/mol. The van der Waals surface area contributed by atoms with Gasteiger partial charge in [-0.3, -0.25) is 26.5 Å². The molecule has 6 N–H and O–H groups in total. The summed E-state index contributed by atoms with van der Waals surface area (Å²) in [4.78, 5) is 12.4. The Hall–Kier alpha value is -2.13. The Bertz CT molecular complexity index is 787. The van der Waals surface area contributed by atoms with Gasteiger partial charge >= 0.3 is 0 Å². The van der Waals surface area contributed by atoms with Crippen molar-refractivity contribution in [3.63, 3.8) is 0 Å². The van der Waals surface area contributed by atoms with Crippen molar-refractivity contribution in [2.45, 2.75) is 77.3 Å². The zero-order valence-electron chi connectivity index (χ0n) is 19.0. The Balaban J connectivity index is 1.38. The molecule has 0 heterocycles. The van der Waals surface area contributed by atoms with E-state index in [0.29, 0.717) is 39.7 Å². The van der Waals surface area contributed by atoms with Gasteiger partial charge in [-0.25, -0.2) is 0 Å². The highest BCUT2D eigenvalue weighted by Crippen LogP contribution is 2.24. The monoisotopic (exact) mass is 476 g/mol. The van der Waals surface area contributed by atoms with Crippen LogP contribution in [0.15, 0.2) is 24.3 Å². The van der Waals surface area contributed by atoms with Crippen LogP contribution in [0.2, 0.25) is 0 Å². The van der Waals surface area contributed by atoms with Gasteiger partial charge in [-0.1, -0.05) is 39.5 Å². The average molecular weight is 477 g/mol. The fourth-order valence-electron chi connectivity index (χ4n) is 4.49. The molecule has 0 unspecified atom stereocenters. The molecule has 176 valence electrons. The Kier molecular flexibility index (Phi) is 9.35. The molecule has 0 saturated heterocycles. The SMILES string of the molecule is C[C@@H]1CCCC[C@@H]1NC(=S)NNC(=O)c1ccc(NNC(=S)N[C@@H]2CCCC[C@@H]2C)cc1. The van der Waals surface area contributed by atoms with Crippen LogP contribution in [-0.4, -0.2) is 28.2 Å². The van der Waals surface area contributed by atoms with Crippen LogP contribution in [0.1, 0.15) is 75.6 Å². The second-order valence-electron chi connectivity index (χ2n) is 9.09. The number of amides is 1. The maximum Gasteiger partial charge on any atom is 0.269 e. The summed E-state index contributed by atoms with van der Waals surface area (Å²) in [6.07, 6.45) is 9.75. The fourth-order valence-corrected chi connectivity index (χ4v) is 4.89. The Morgan fingerprint density at radius 2 is 1.25 bits per heavy atom. The maximum absolute atomic E-state index is 12.4. The van der Waals surface area contributed by atoms with Crippen LogP contribution >= 0.6 is 24.4 Å². The molecule has 0 aromatic heterocycles. The van der Waals surface area contributed by atoms with E-state index < -0.39 is 0 Å². The topological polar surface area (TPSA) is 89.2 Å². The average Bonchev–Trinajstić information content (AvgIpc) is 2.79. The van der Waals surface area contributed by atoms with Crippen molar-refractivity contribution in [2.24, 2.45) is 11.8 Å². The molecule has 0 aliphatic heterocycles. The molecule has 3 rings (SSSR count). The van der Waals surface area contributed by atoms with Crippen LogP contribution < -0.4 is 32.3 Å². The number of rotatable bonds is 5. The van der Waals surface area contributed by atoms with Crippen LogP contribution in [0.3, 0.4) is 0 Å². The molecule has 4 atom stereocenters. The normalized spacial score (nSPS) is 25.2. The van der Waals surface area contributed by atoms with Gasteiger partial charge in [0.25, 0.3) is 5.91 Å². The predicted octanol–water partition coefficient (Wildman–Crippen LogP) is 3.74. The lowest BCUT2D eigenvalue weighted by atomic mass is 9.86. The van der Waals surface area contributed by atoms with Gasteiger partial charge in [0.2, 0.25) is 0 Å². The summed E-state index contributed by atoms with van der Waals surface area (Å²) in [5.74, 6) is 0.972. The van der Waals surface area contributed by atoms with Crippen LogP contribution in [0.25, 0.3) is 0 Å². The third-order valence-electron chi connectivity index (χ3n) is 6.61. The Morgan fingerprint density at radius 3 is 1.78 bits per heavy atom. The minimum Gasteiger partial charge on any atom is -0.358 e. The number of hydrazine groups is 2. The van der Waals surface area contributed by atoms with E-state index in [2.05, 4.69) is 46.2 Å². The molecule has 2 fully saturated rings. The van der Waals surface area contributed by atoms with Crippen LogP contribution in [0.5, 0.6) is 0 Å². The first-order valence-corrected chi connectivity index (χ1v) is 12.5. The number of thiocarbonyl (C=S) groups is 2. The molecule has 1 aromatic carbocycles. The van der Waals surface area contributed by atoms with Crippen molar-refractivity contribution in [3.05, 3.63) is 29.8 Å². The van der Waals surface area contributed by atoms with Crippen molar-refractivity contribution in [2.75, 3.05) is 5.43 Å². The number of carbonyl (C=O) groups is 1. The second kappa shape index (κ2) is 12.2. The molecule has 1 aromatic rings. The van der Waals surface area contributed by atoms with E-state index in [1.54, 1.807) is 12.1 Å². The van der Waals surface area contributed by atoms with Gasteiger partial charge in [-0.15, -0.1) is 0 Å². The first kappa shape index (κ1) is 24.5. The summed E-state index contributed by atoms with van der Waals surface area (Å²) in [6, 6.07) is 7.94. The molecule has 32 heavy (non-hydrogen) atoms. The highest BCUT2D eigenvalue weighted by molar-refractivity contribution is 7.80. The number of anilines is 1. The van der Waals surface area contributed by atoms with Gasteiger partial charge in [-0.2, -0.15) is 0 Å². The third kappa shape index (κ3) is 7.48. The zero-order chi connectivity index (χ0) is 22.9. The molecule has 7 nitrogen and oxygen atoms in total. The van der Waals surface area contributed by atoms with Crippen molar-refractivity contribution in [3.8, 4) is 0 Å². The van der Waals surface area contributed by atoms with E-state index in [0.717, 1.165) is 18.5 Å². The van der Waals surface area contributed by atoms with Crippen molar-refractivity contribution in [1.29, 1.82) is 0 Å². The first-order valence-electron chi connectivity index (χ1n) is 11.7. The standard InChI is InChI=1S/C23H36N6OS2/c1-15-7-3-5-9-19(15)24-22(31)28-26-18-13-11-17(12-14-18)21(30)27-29-23(32)25-20-10-6-4-8-16(20)2/h11-16,19-20,26H,3-10H2,1-2H3,(H,27,30)(H2,24,28,31)(H2,25,29,32)/t15-,16+,19+,20-/m0/s1. The Labute approximate surface area is 202 Å². The van der Waals surface area contributed by atoms with Crippen LogP contribution in [0, 0.1) is 11.8 Å². The highest BCUT2D eigenvalue weighted by Gasteiger charge is 2.22. The highest BCUT2D eigenvalue weighted by atomic mass is 32.1. The minimum absolute atomic E-state index is 0.242.